The van der Waals surface area contributed by atoms with E-state index in [0.717, 1.165) is 18.4 Å². The van der Waals surface area contributed by atoms with Crippen LogP contribution in [-0.2, 0) is 0 Å². The minimum absolute atomic E-state index is 0.645. The average molecular weight is 242 g/mol. The Balaban J connectivity index is 3.87. The molecular weight excluding hydrogens is 208 g/mol. The average Bonchev–Trinajstić information content (AvgIpc) is 2.20. The lowest BCUT2D eigenvalue weighted by molar-refractivity contribution is 0.239. The molecule has 2 nitrogen and oxygen atoms in total. The van der Waals surface area contributed by atoms with Gasteiger partial charge < -0.3 is 10.2 Å². The molecule has 0 aromatic heterocycles. The molecule has 0 heterocycles. The Morgan fingerprint density at radius 1 is 0.882 bits per heavy atom. The Labute approximate surface area is 109 Å². The molecule has 104 valence electrons. The standard InChI is InChI=1S/C15H34N2/c1-12(2)8-9-14(5)16-11-15(17(6)7)10-13(3)4/h12-16H,8-11H2,1-7H3. The second kappa shape index (κ2) is 8.93. The van der Waals surface area contributed by atoms with Gasteiger partial charge in [-0.05, 0) is 52.1 Å². The van der Waals surface area contributed by atoms with E-state index in [1.54, 1.807) is 0 Å². The van der Waals surface area contributed by atoms with E-state index in [2.05, 4.69) is 58.9 Å². The highest BCUT2D eigenvalue weighted by atomic mass is 15.1. The zero-order chi connectivity index (χ0) is 13.4. The van der Waals surface area contributed by atoms with Gasteiger partial charge in [0, 0.05) is 18.6 Å². The lowest BCUT2D eigenvalue weighted by Gasteiger charge is -2.28. The first-order valence-corrected chi connectivity index (χ1v) is 7.22. The summed E-state index contributed by atoms with van der Waals surface area (Å²) in [4.78, 5) is 2.35. The number of hydrogen-bond donors (Lipinski definition) is 1. The summed E-state index contributed by atoms with van der Waals surface area (Å²) in [6.45, 7) is 12.6. The van der Waals surface area contributed by atoms with Crippen LogP contribution >= 0.6 is 0 Å². The van der Waals surface area contributed by atoms with Crippen LogP contribution in [0.25, 0.3) is 0 Å². The SMILES string of the molecule is CC(C)CCC(C)NCC(CC(C)C)N(C)C. The Kier molecular flexibility index (Phi) is 8.89. The fraction of sp³-hybridized carbons (Fsp3) is 1.00. The Morgan fingerprint density at radius 3 is 1.88 bits per heavy atom. The van der Waals surface area contributed by atoms with Crippen molar-refractivity contribution in [2.24, 2.45) is 11.8 Å². The number of rotatable bonds is 9. The van der Waals surface area contributed by atoms with Crippen LogP contribution in [0, 0.1) is 11.8 Å². The third-order valence-corrected chi connectivity index (χ3v) is 3.35. The third-order valence-electron chi connectivity index (χ3n) is 3.35. The van der Waals surface area contributed by atoms with Crippen molar-refractivity contribution >= 4 is 0 Å². The molecule has 0 aromatic carbocycles. The van der Waals surface area contributed by atoms with Crippen LogP contribution in [0.3, 0.4) is 0 Å². The number of likely N-dealkylation sites (N-methyl/N-ethyl adjacent to an activating group) is 1. The molecule has 0 bridgehead atoms. The summed E-state index contributed by atoms with van der Waals surface area (Å²) in [5.41, 5.74) is 0. The highest BCUT2D eigenvalue weighted by Gasteiger charge is 2.14. The monoisotopic (exact) mass is 242 g/mol. The van der Waals surface area contributed by atoms with Crippen LogP contribution in [0.4, 0.5) is 0 Å². The molecule has 0 aliphatic heterocycles. The maximum absolute atomic E-state index is 3.68. The highest BCUT2D eigenvalue weighted by Crippen LogP contribution is 2.10. The van der Waals surface area contributed by atoms with Crippen molar-refractivity contribution in [1.29, 1.82) is 0 Å². The van der Waals surface area contributed by atoms with Gasteiger partial charge in [0.1, 0.15) is 0 Å². The van der Waals surface area contributed by atoms with Crippen molar-refractivity contribution in [2.75, 3.05) is 20.6 Å². The second-order valence-electron chi connectivity index (χ2n) is 6.53. The minimum atomic E-state index is 0.645. The summed E-state index contributed by atoms with van der Waals surface area (Å²) in [7, 11) is 4.38. The molecule has 0 aliphatic carbocycles. The molecule has 0 saturated carbocycles. The van der Waals surface area contributed by atoms with E-state index < -0.39 is 0 Å². The Hall–Kier alpha value is -0.0800. The van der Waals surface area contributed by atoms with Crippen LogP contribution in [-0.4, -0.2) is 37.6 Å². The molecule has 0 saturated heterocycles. The van der Waals surface area contributed by atoms with Crippen molar-refractivity contribution in [1.82, 2.24) is 10.2 Å². The fourth-order valence-corrected chi connectivity index (χ4v) is 2.04. The van der Waals surface area contributed by atoms with Gasteiger partial charge in [0.25, 0.3) is 0 Å². The normalized spacial score (nSPS) is 15.9. The zero-order valence-electron chi connectivity index (χ0n) is 13.1. The summed E-state index contributed by atoms with van der Waals surface area (Å²) in [5, 5.41) is 3.68. The minimum Gasteiger partial charge on any atom is -0.313 e. The van der Waals surface area contributed by atoms with E-state index in [9.17, 15) is 0 Å². The summed E-state index contributed by atoms with van der Waals surface area (Å²) in [6.07, 6.45) is 3.89. The molecule has 0 amide bonds. The van der Waals surface area contributed by atoms with Gasteiger partial charge in [-0.3, -0.25) is 0 Å². The second-order valence-corrected chi connectivity index (χ2v) is 6.53. The fourth-order valence-electron chi connectivity index (χ4n) is 2.04. The molecular formula is C15H34N2. The molecule has 0 radical (unpaired) electrons. The van der Waals surface area contributed by atoms with Gasteiger partial charge in [-0.15, -0.1) is 0 Å². The molecule has 0 spiro atoms. The molecule has 17 heavy (non-hydrogen) atoms. The van der Waals surface area contributed by atoms with E-state index in [1.165, 1.54) is 19.3 Å². The first kappa shape index (κ1) is 16.9. The lowest BCUT2D eigenvalue weighted by Crippen LogP contribution is -2.41. The topological polar surface area (TPSA) is 15.3 Å². The summed E-state index contributed by atoms with van der Waals surface area (Å²) < 4.78 is 0. The Bertz CT molecular complexity index is 176. The van der Waals surface area contributed by atoms with Gasteiger partial charge in [0.2, 0.25) is 0 Å². The van der Waals surface area contributed by atoms with Gasteiger partial charge in [-0.1, -0.05) is 27.7 Å². The largest absolute Gasteiger partial charge is 0.313 e. The van der Waals surface area contributed by atoms with E-state index in [-0.39, 0.29) is 0 Å². The molecule has 2 heteroatoms. The molecule has 0 aliphatic rings. The highest BCUT2D eigenvalue weighted by molar-refractivity contribution is 4.73. The van der Waals surface area contributed by atoms with Crippen LogP contribution in [0.5, 0.6) is 0 Å². The van der Waals surface area contributed by atoms with Gasteiger partial charge in [-0.2, -0.15) is 0 Å². The summed E-state index contributed by atoms with van der Waals surface area (Å²) >= 11 is 0. The number of hydrogen-bond acceptors (Lipinski definition) is 2. The molecule has 2 atom stereocenters. The molecule has 0 rings (SSSR count). The maximum atomic E-state index is 3.68. The van der Waals surface area contributed by atoms with Crippen LogP contribution < -0.4 is 5.32 Å². The van der Waals surface area contributed by atoms with Crippen LogP contribution in [0.1, 0.15) is 53.9 Å². The van der Waals surface area contributed by atoms with Crippen molar-refractivity contribution < 1.29 is 0 Å². The van der Waals surface area contributed by atoms with E-state index in [4.69, 9.17) is 0 Å². The summed E-state index contributed by atoms with van der Waals surface area (Å²) in [5.74, 6) is 1.59. The van der Waals surface area contributed by atoms with E-state index in [1.807, 2.05) is 0 Å². The predicted octanol–water partition coefficient (Wildman–Crippen LogP) is 3.38. The Morgan fingerprint density at radius 2 is 1.47 bits per heavy atom. The van der Waals surface area contributed by atoms with Gasteiger partial charge >= 0.3 is 0 Å². The van der Waals surface area contributed by atoms with Gasteiger partial charge in [0.05, 0.1) is 0 Å². The molecule has 0 fully saturated rings. The van der Waals surface area contributed by atoms with Gasteiger partial charge in [0.15, 0.2) is 0 Å². The molecule has 1 N–H and O–H groups in total. The third kappa shape index (κ3) is 9.61. The number of nitrogens with one attached hydrogen (secondary N) is 1. The van der Waals surface area contributed by atoms with Crippen LogP contribution in [0.15, 0.2) is 0 Å². The van der Waals surface area contributed by atoms with Crippen molar-refractivity contribution in [3.05, 3.63) is 0 Å². The van der Waals surface area contributed by atoms with Crippen molar-refractivity contribution in [3.8, 4) is 0 Å². The van der Waals surface area contributed by atoms with Crippen molar-refractivity contribution in [2.45, 2.75) is 66.0 Å². The van der Waals surface area contributed by atoms with Crippen LogP contribution in [0.2, 0.25) is 0 Å². The lowest BCUT2D eigenvalue weighted by atomic mass is 10.0. The smallest absolute Gasteiger partial charge is 0.0217 e. The molecule has 2 unspecified atom stereocenters. The molecule has 0 aromatic rings. The maximum Gasteiger partial charge on any atom is 0.0217 e. The first-order chi connectivity index (χ1) is 7.82. The van der Waals surface area contributed by atoms with E-state index in [0.29, 0.717) is 12.1 Å². The number of nitrogens with zero attached hydrogens (tertiary/aromatic N) is 1. The van der Waals surface area contributed by atoms with Gasteiger partial charge in [-0.25, -0.2) is 0 Å². The summed E-state index contributed by atoms with van der Waals surface area (Å²) in [6, 6.07) is 1.31. The predicted molar refractivity (Wildman–Crippen MR) is 78.5 cm³/mol. The van der Waals surface area contributed by atoms with E-state index >= 15 is 0 Å². The quantitative estimate of drug-likeness (QED) is 0.667. The zero-order valence-corrected chi connectivity index (χ0v) is 13.1. The first-order valence-electron chi connectivity index (χ1n) is 7.22. The van der Waals surface area contributed by atoms with Crippen molar-refractivity contribution in [3.63, 3.8) is 0 Å².